The van der Waals surface area contributed by atoms with Gasteiger partial charge in [0, 0.05) is 31.1 Å². The first-order valence-corrected chi connectivity index (χ1v) is 8.86. The third-order valence-electron chi connectivity index (χ3n) is 5.25. The minimum absolute atomic E-state index is 0.0871. The molecule has 0 radical (unpaired) electrons. The summed E-state index contributed by atoms with van der Waals surface area (Å²) in [5.74, 6) is 1.65. The van der Waals surface area contributed by atoms with Crippen molar-refractivity contribution in [1.29, 1.82) is 0 Å². The molecule has 0 bridgehead atoms. The number of nitrogens with one attached hydrogen (secondary N) is 1. The SMILES string of the molecule is Cc1cc(C(=O)NC2CCN(C(=O)C3CCC(N)C3)CC2)c(C)o1. The van der Waals surface area contributed by atoms with Crippen LogP contribution in [0.5, 0.6) is 0 Å². The Bertz CT molecular complexity index is 617. The van der Waals surface area contributed by atoms with Crippen LogP contribution in [0.15, 0.2) is 10.5 Å². The number of furan rings is 1. The fraction of sp³-hybridized carbons (Fsp3) is 0.667. The lowest BCUT2D eigenvalue weighted by atomic mass is 10.0. The zero-order valence-electron chi connectivity index (χ0n) is 14.5. The second-order valence-corrected chi connectivity index (χ2v) is 7.17. The molecule has 132 valence electrons. The van der Waals surface area contributed by atoms with Crippen molar-refractivity contribution in [3.63, 3.8) is 0 Å². The molecule has 1 aliphatic carbocycles. The average molecular weight is 333 g/mol. The van der Waals surface area contributed by atoms with E-state index in [-0.39, 0.29) is 29.8 Å². The Labute approximate surface area is 142 Å². The van der Waals surface area contributed by atoms with Crippen molar-refractivity contribution >= 4 is 11.8 Å². The van der Waals surface area contributed by atoms with Crippen LogP contribution in [0.25, 0.3) is 0 Å². The van der Waals surface area contributed by atoms with Crippen LogP contribution in [-0.4, -0.2) is 41.9 Å². The van der Waals surface area contributed by atoms with Gasteiger partial charge in [-0.3, -0.25) is 9.59 Å². The highest BCUT2D eigenvalue weighted by Gasteiger charge is 2.33. The Morgan fingerprint density at radius 2 is 1.92 bits per heavy atom. The van der Waals surface area contributed by atoms with Crippen LogP contribution in [0.1, 0.15) is 54.0 Å². The van der Waals surface area contributed by atoms with Crippen molar-refractivity contribution in [2.24, 2.45) is 11.7 Å². The molecule has 3 N–H and O–H groups in total. The summed E-state index contributed by atoms with van der Waals surface area (Å²) in [5.41, 5.74) is 6.52. The summed E-state index contributed by atoms with van der Waals surface area (Å²) in [4.78, 5) is 26.8. The van der Waals surface area contributed by atoms with E-state index in [2.05, 4.69) is 5.32 Å². The second-order valence-electron chi connectivity index (χ2n) is 7.17. The molecule has 1 aliphatic heterocycles. The van der Waals surface area contributed by atoms with E-state index in [0.717, 1.165) is 37.9 Å². The third-order valence-corrected chi connectivity index (χ3v) is 5.25. The third kappa shape index (κ3) is 3.64. The molecule has 1 aromatic heterocycles. The van der Waals surface area contributed by atoms with Crippen LogP contribution in [0, 0.1) is 19.8 Å². The monoisotopic (exact) mass is 333 g/mol. The van der Waals surface area contributed by atoms with Crippen molar-refractivity contribution < 1.29 is 14.0 Å². The molecule has 24 heavy (non-hydrogen) atoms. The largest absolute Gasteiger partial charge is 0.466 e. The van der Waals surface area contributed by atoms with Crippen molar-refractivity contribution in [2.75, 3.05) is 13.1 Å². The van der Waals surface area contributed by atoms with Gasteiger partial charge in [0.05, 0.1) is 5.56 Å². The van der Waals surface area contributed by atoms with Crippen molar-refractivity contribution in [3.8, 4) is 0 Å². The number of nitrogens with two attached hydrogens (primary N) is 1. The zero-order chi connectivity index (χ0) is 17.3. The average Bonchev–Trinajstić information content (AvgIpc) is 3.12. The molecule has 2 unspecified atom stereocenters. The number of piperidine rings is 1. The van der Waals surface area contributed by atoms with Crippen LogP contribution < -0.4 is 11.1 Å². The lowest BCUT2D eigenvalue weighted by Gasteiger charge is -2.34. The first-order valence-electron chi connectivity index (χ1n) is 8.86. The number of likely N-dealkylation sites (tertiary alicyclic amines) is 1. The van der Waals surface area contributed by atoms with Crippen LogP contribution >= 0.6 is 0 Å². The maximum Gasteiger partial charge on any atom is 0.255 e. The van der Waals surface area contributed by atoms with Gasteiger partial charge in [-0.25, -0.2) is 0 Å². The normalized spacial score (nSPS) is 25.0. The number of carbonyl (C=O) groups excluding carboxylic acids is 2. The van der Waals surface area contributed by atoms with E-state index < -0.39 is 0 Å². The summed E-state index contributed by atoms with van der Waals surface area (Å²) < 4.78 is 5.41. The number of rotatable bonds is 3. The second kappa shape index (κ2) is 6.97. The predicted octanol–water partition coefficient (Wildman–Crippen LogP) is 1.74. The van der Waals surface area contributed by atoms with Gasteiger partial charge in [0.2, 0.25) is 5.91 Å². The molecule has 6 nitrogen and oxygen atoms in total. The summed E-state index contributed by atoms with van der Waals surface area (Å²) in [6, 6.07) is 2.06. The highest BCUT2D eigenvalue weighted by molar-refractivity contribution is 5.95. The van der Waals surface area contributed by atoms with Gasteiger partial charge in [0.15, 0.2) is 0 Å². The van der Waals surface area contributed by atoms with E-state index in [0.29, 0.717) is 24.4 Å². The fourth-order valence-corrected chi connectivity index (χ4v) is 3.86. The summed E-state index contributed by atoms with van der Waals surface area (Å²) >= 11 is 0. The van der Waals surface area contributed by atoms with Gasteiger partial charge in [-0.1, -0.05) is 0 Å². The summed E-state index contributed by atoms with van der Waals surface area (Å²) in [5, 5.41) is 3.07. The quantitative estimate of drug-likeness (QED) is 0.882. The van der Waals surface area contributed by atoms with E-state index in [1.54, 1.807) is 13.0 Å². The van der Waals surface area contributed by atoms with Crippen molar-refractivity contribution in [1.82, 2.24) is 10.2 Å². The molecule has 1 saturated carbocycles. The van der Waals surface area contributed by atoms with Crippen LogP contribution in [0.3, 0.4) is 0 Å². The van der Waals surface area contributed by atoms with E-state index in [1.165, 1.54) is 0 Å². The Kier molecular flexibility index (Phi) is 4.94. The molecule has 1 aromatic rings. The number of hydrogen-bond donors (Lipinski definition) is 2. The Balaban J connectivity index is 1.49. The van der Waals surface area contributed by atoms with E-state index in [4.69, 9.17) is 10.2 Å². The molecule has 0 aromatic carbocycles. The number of aryl methyl sites for hydroxylation is 2. The van der Waals surface area contributed by atoms with E-state index in [9.17, 15) is 9.59 Å². The lowest BCUT2D eigenvalue weighted by molar-refractivity contribution is -0.136. The van der Waals surface area contributed by atoms with Crippen molar-refractivity contribution in [2.45, 2.75) is 58.0 Å². The predicted molar refractivity (Wildman–Crippen MR) is 90.6 cm³/mol. The summed E-state index contributed by atoms with van der Waals surface area (Å²) in [6.45, 7) is 5.05. The summed E-state index contributed by atoms with van der Waals surface area (Å²) in [6.07, 6.45) is 4.27. The standard InChI is InChI=1S/C18H27N3O3/c1-11-9-16(12(2)24-11)17(22)20-15-5-7-21(8-6-15)18(23)13-3-4-14(19)10-13/h9,13-15H,3-8,10,19H2,1-2H3,(H,20,22). The van der Waals surface area contributed by atoms with E-state index >= 15 is 0 Å². The molecule has 1 saturated heterocycles. The topological polar surface area (TPSA) is 88.6 Å². The Morgan fingerprint density at radius 1 is 1.21 bits per heavy atom. The number of amides is 2. The highest BCUT2D eigenvalue weighted by atomic mass is 16.3. The first-order chi connectivity index (χ1) is 11.4. The van der Waals surface area contributed by atoms with Crippen LogP contribution in [0.2, 0.25) is 0 Å². The smallest absolute Gasteiger partial charge is 0.255 e. The number of nitrogens with zero attached hydrogens (tertiary/aromatic N) is 1. The number of hydrogen-bond acceptors (Lipinski definition) is 4. The molecular formula is C18H27N3O3. The molecular weight excluding hydrogens is 306 g/mol. The minimum Gasteiger partial charge on any atom is -0.466 e. The first kappa shape index (κ1) is 17.0. The maximum absolute atomic E-state index is 12.5. The Morgan fingerprint density at radius 3 is 2.46 bits per heavy atom. The molecule has 2 amide bonds. The van der Waals surface area contributed by atoms with Crippen LogP contribution in [0.4, 0.5) is 0 Å². The molecule has 6 heteroatoms. The molecule has 2 aliphatic rings. The lowest BCUT2D eigenvalue weighted by Crippen LogP contribution is -2.48. The van der Waals surface area contributed by atoms with Crippen molar-refractivity contribution in [3.05, 3.63) is 23.2 Å². The molecule has 0 spiro atoms. The Hall–Kier alpha value is -1.82. The molecule has 2 fully saturated rings. The summed E-state index contributed by atoms with van der Waals surface area (Å²) in [7, 11) is 0. The fourth-order valence-electron chi connectivity index (χ4n) is 3.86. The minimum atomic E-state index is -0.0871. The molecule has 2 atom stereocenters. The molecule has 2 heterocycles. The molecule has 3 rings (SSSR count). The number of carbonyl (C=O) groups is 2. The van der Waals surface area contributed by atoms with E-state index in [1.807, 2.05) is 11.8 Å². The van der Waals surface area contributed by atoms with Gasteiger partial charge in [-0.05, 0) is 52.0 Å². The highest BCUT2D eigenvalue weighted by Crippen LogP contribution is 2.27. The zero-order valence-corrected chi connectivity index (χ0v) is 14.5. The van der Waals surface area contributed by atoms with Gasteiger partial charge >= 0.3 is 0 Å². The van der Waals surface area contributed by atoms with Gasteiger partial charge in [0.25, 0.3) is 5.91 Å². The van der Waals surface area contributed by atoms with Crippen LogP contribution in [-0.2, 0) is 4.79 Å². The van der Waals surface area contributed by atoms with Gasteiger partial charge in [-0.15, -0.1) is 0 Å². The van der Waals surface area contributed by atoms with Gasteiger partial charge < -0.3 is 20.4 Å². The maximum atomic E-state index is 12.5. The van der Waals surface area contributed by atoms with Gasteiger partial charge in [-0.2, -0.15) is 0 Å². The van der Waals surface area contributed by atoms with Gasteiger partial charge in [0.1, 0.15) is 11.5 Å².